The number of hydrogen-bond acceptors (Lipinski definition) is 10. The maximum Gasteiger partial charge on any atom is 0.271 e. The standard InChI is InChI=1S/C34H48N10O2/c1-22-18-25(4-5-28(22)44-12-6-26(7-13-44)43-14-10-34(11-15-43)20-42(3)21-34)37-33-30(31(35)45)38-29(27-19-23(2)40-41-27)32(39-33)36-24-8-16-46-17-9-24/h4-5,18-19,24,26H,6-17,20-21H2,1-3H3,(H2,35,45)(H,40,41)(H2,36,37,39). The molecule has 3 aromatic rings. The molecule has 0 atom stereocenters. The first-order chi connectivity index (χ1) is 22.2. The molecule has 4 aliphatic heterocycles. The number of H-pyrrole nitrogens is 1. The highest BCUT2D eigenvalue weighted by Crippen LogP contribution is 2.41. The minimum Gasteiger partial charge on any atom is -0.381 e. The minimum absolute atomic E-state index is 0.0740. The van der Waals surface area contributed by atoms with Crippen molar-refractivity contribution in [1.82, 2.24) is 30.0 Å². The molecule has 4 saturated heterocycles. The van der Waals surface area contributed by atoms with Crippen molar-refractivity contribution in [3.05, 3.63) is 41.2 Å². The van der Waals surface area contributed by atoms with Crippen LogP contribution in [0, 0.1) is 19.3 Å². The number of hydrogen-bond donors (Lipinski definition) is 4. The predicted octanol–water partition coefficient (Wildman–Crippen LogP) is 3.91. The quantitative estimate of drug-likeness (QED) is 0.290. The second-order valence-corrected chi connectivity index (χ2v) is 14.0. The third kappa shape index (κ3) is 6.43. The number of anilines is 4. The van der Waals surface area contributed by atoms with Gasteiger partial charge in [0.1, 0.15) is 11.4 Å². The lowest BCUT2D eigenvalue weighted by molar-refractivity contribution is -0.0419. The monoisotopic (exact) mass is 628 g/mol. The summed E-state index contributed by atoms with van der Waals surface area (Å²) >= 11 is 0. The minimum atomic E-state index is -0.652. The van der Waals surface area contributed by atoms with Crippen LogP contribution in [0.1, 0.15) is 60.3 Å². The Morgan fingerprint density at radius 1 is 1.00 bits per heavy atom. The van der Waals surface area contributed by atoms with Crippen LogP contribution >= 0.6 is 0 Å². The van der Waals surface area contributed by atoms with Crippen LogP contribution in [0.2, 0.25) is 0 Å². The molecular weight excluding hydrogens is 580 g/mol. The fourth-order valence-electron chi connectivity index (χ4n) is 8.02. The summed E-state index contributed by atoms with van der Waals surface area (Å²) in [6.07, 6.45) is 6.82. The highest BCUT2D eigenvalue weighted by molar-refractivity contribution is 5.97. The number of carbonyl (C=O) groups is 1. The molecule has 0 saturated carbocycles. The fraction of sp³-hybridized carbons (Fsp3) is 0.588. The van der Waals surface area contributed by atoms with E-state index >= 15 is 0 Å². The summed E-state index contributed by atoms with van der Waals surface area (Å²) in [5.41, 5.74) is 11.8. The van der Waals surface area contributed by atoms with Crippen molar-refractivity contribution in [2.45, 2.75) is 64.5 Å². The number of rotatable bonds is 8. The molecule has 0 bridgehead atoms. The normalized spacial score (nSPS) is 21.3. The van der Waals surface area contributed by atoms with Crippen LogP contribution in [0.25, 0.3) is 11.4 Å². The van der Waals surface area contributed by atoms with Gasteiger partial charge in [0.25, 0.3) is 5.91 Å². The molecule has 12 heteroatoms. The molecule has 2 aromatic heterocycles. The zero-order chi connectivity index (χ0) is 31.8. The van der Waals surface area contributed by atoms with E-state index in [1.807, 2.05) is 13.0 Å². The molecule has 0 unspecified atom stereocenters. The Labute approximate surface area is 271 Å². The zero-order valence-corrected chi connectivity index (χ0v) is 27.4. The van der Waals surface area contributed by atoms with Crippen molar-refractivity contribution in [2.24, 2.45) is 11.1 Å². The van der Waals surface area contributed by atoms with E-state index in [9.17, 15) is 4.79 Å². The van der Waals surface area contributed by atoms with Gasteiger partial charge in [0, 0.05) is 68.5 Å². The topological polar surface area (TPSA) is 141 Å². The molecule has 246 valence electrons. The maximum atomic E-state index is 12.6. The predicted molar refractivity (Wildman–Crippen MR) is 181 cm³/mol. The second kappa shape index (κ2) is 12.8. The third-order valence-corrected chi connectivity index (χ3v) is 10.5. The molecule has 46 heavy (non-hydrogen) atoms. The first-order valence-electron chi connectivity index (χ1n) is 16.9. The summed E-state index contributed by atoms with van der Waals surface area (Å²) in [4.78, 5) is 30.0. The number of nitrogens with one attached hydrogen (secondary N) is 3. The first kappa shape index (κ1) is 30.9. The van der Waals surface area contributed by atoms with E-state index in [2.05, 4.69) is 67.7 Å². The number of aromatic amines is 1. The molecular formula is C34H48N10O2. The largest absolute Gasteiger partial charge is 0.381 e. The Balaban J connectivity index is 1.05. The molecule has 1 aromatic carbocycles. The van der Waals surface area contributed by atoms with Crippen LogP contribution in [0.4, 0.5) is 23.0 Å². The van der Waals surface area contributed by atoms with E-state index in [1.54, 1.807) is 0 Å². The lowest BCUT2D eigenvalue weighted by Crippen LogP contribution is -2.60. The van der Waals surface area contributed by atoms with E-state index in [4.69, 9.17) is 20.4 Å². The number of nitrogens with zero attached hydrogens (tertiary/aromatic N) is 6. The number of likely N-dealkylation sites (tertiary alicyclic amines) is 2. The molecule has 7 rings (SSSR count). The smallest absolute Gasteiger partial charge is 0.271 e. The van der Waals surface area contributed by atoms with Crippen LogP contribution in [0.3, 0.4) is 0 Å². The van der Waals surface area contributed by atoms with Gasteiger partial charge in [-0.3, -0.25) is 9.89 Å². The Kier molecular flexibility index (Phi) is 8.60. The zero-order valence-electron chi connectivity index (χ0n) is 27.4. The van der Waals surface area contributed by atoms with Gasteiger partial charge in [0.15, 0.2) is 17.3 Å². The second-order valence-electron chi connectivity index (χ2n) is 14.0. The third-order valence-electron chi connectivity index (χ3n) is 10.5. The van der Waals surface area contributed by atoms with Crippen LogP contribution in [-0.2, 0) is 4.74 Å². The van der Waals surface area contributed by atoms with Gasteiger partial charge in [0.2, 0.25) is 0 Å². The van der Waals surface area contributed by atoms with Gasteiger partial charge >= 0.3 is 0 Å². The average molecular weight is 629 g/mol. The molecule has 0 radical (unpaired) electrons. The lowest BCUT2D eigenvalue weighted by Gasteiger charge is -2.54. The van der Waals surface area contributed by atoms with Crippen molar-refractivity contribution < 1.29 is 9.53 Å². The Hall–Kier alpha value is -3.74. The molecule has 12 nitrogen and oxygen atoms in total. The summed E-state index contributed by atoms with van der Waals surface area (Å²) in [5.74, 6) is 0.232. The average Bonchev–Trinajstić information content (AvgIpc) is 3.47. The number of amides is 1. The molecule has 1 spiro atoms. The van der Waals surface area contributed by atoms with Crippen LogP contribution < -0.4 is 21.3 Å². The number of aryl methyl sites for hydroxylation is 2. The van der Waals surface area contributed by atoms with Crippen molar-refractivity contribution in [2.75, 3.05) is 75.1 Å². The summed E-state index contributed by atoms with van der Waals surface area (Å²) in [6.45, 7) is 12.6. The SMILES string of the molecule is Cc1cc(-c2nc(C(N)=O)c(Nc3ccc(N4CCC(N5CCC6(CC5)CN(C)C6)CC4)c(C)c3)nc2NC2CCOCC2)n[nH]1. The molecule has 1 amide bonds. The van der Waals surface area contributed by atoms with Gasteiger partial charge in [0.05, 0.1) is 0 Å². The summed E-state index contributed by atoms with van der Waals surface area (Å²) in [7, 11) is 2.24. The van der Waals surface area contributed by atoms with Crippen LogP contribution in [-0.4, -0.2) is 107 Å². The van der Waals surface area contributed by atoms with Crippen LogP contribution in [0.15, 0.2) is 24.3 Å². The van der Waals surface area contributed by atoms with E-state index in [0.717, 1.165) is 37.3 Å². The molecule has 5 N–H and O–H groups in total. The van der Waals surface area contributed by atoms with Crippen molar-refractivity contribution in [3.8, 4) is 11.4 Å². The van der Waals surface area contributed by atoms with Crippen molar-refractivity contribution in [3.63, 3.8) is 0 Å². The number of aromatic nitrogens is 4. The molecule has 6 heterocycles. The van der Waals surface area contributed by atoms with E-state index in [-0.39, 0.29) is 11.7 Å². The summed E-state index contributed by atoms with van der Waals surface area (Å²) in [6, 6.07) is 9.10. The highest BCUT2D eigenvalue weighted by atomic mass is 16.5. The Morgan fingerprint density at radius 2 is 1.74 bits per heavy atom. The number of benzene rings is 1. The summed E-state index contributed by atoms with van der Waals surface area (Å²) < 4.78 is 5.55. The number of ether oxygens (including phenoxy) is 1. The van der Waals surface area contributed by atoms with E-state index < -0.39 is 5.91 Å². The summed E-state index contributed by atoms with van der Waals surface area (Å²) in [5, 5.41) is 14.3. The highest BCUT2D eigenvalue weighted by Gasteiger charge is 2.44. The van der Waals surface area contributed by atoms with Gasteiger partial charge < -0.3 is 35.8 Å². The first-order valence-corrected chi connectivity index (χ1v) is 16.9. The Morgan fingerprint density at radius 3 is 2.37 bits per heavy atom. The molecule has 4 fully saturated rings. The fourth-order valence-corrected chi connectivity index (χ4v) is 8.02. The van der Waals surface area contributed by atoms with Gasteiger partial charge in [-0.15, -0.1) is 0 Å². The van der Waals surface area contributed by atoms with Gasteiger partial charge in [-0.1, -0.05) is 0 Å². The maximum absolute atomic E-state index is 12.6. The van der Waals surface area contributed by atoms with Crippen molar-refractivity contribution in [1.29, 1.82) is 0 Å². The Bertz CT molecular complexity index is 1540. The van der Waals surface area contributed by atoms with E-state index in [1.165, 1.54) is 63.1 Å². The van der Waals surface area contributed by atoms with Crippen molar-refractivity contribution >= 4 is 28.9 Å². The lowest BCUT2D eigenvalue weighted by atomic mass is 9.72. The number of primary amides is 1. The number of carbonyl (C=O) groups excluding carboxylic acids is 1. The number of nitrogens with two attached hydrogens (primary N) is 1. The van der Waals surface area contributed by atoms with Gasteiger partial charge in [-0.25, -0.2) is 9.97 Å². The van der Waals surface area contributed by atoms with Gasteiger partial charge in [-0.05, 0) is 108 Å². The van der Waals surface area contributed by atoms with Crippen LogP contribution in [0.5, 0.6) is 0 Å². The molecule has 4 aliphatic rings. The number of piperidine rings is 2. The van der Waals surface area contributed by atoms with Gasteiger partial charge in [-0.2, -0.15) is 5.10 Å². The van der Waals surface area contributed by atoms with E-state index in [0.29, 0.717) is 47.7 Å². The molecule has 0 aliphatic carbocycles.